The van der Waals surface area contributed by atoms with Gasteiger partial charge in [0.15, 0.2) is 5.69 Å². The Labute approximate surface area is 116 Å². The Balaban J connectivity index is 2.07. The minimum Gasteiger partial charge on any atom is -0.493 e. The van der Waals surface area contributed by atoms with E-state index in [2.05, 4.69) is 15.2 Å². The van der Waals surface area contributed by atoms with Gasteiger partial charge in [0.2, 0.25) is 5.88 Å². The summed E-state index contributed by atoms with van der Waals surface area (Å²) in [5.41, 5.74) is -1.36. The molecule has 1 aliphatic rings. The van der Waals surface area contributed by atoms with Gasteiger partial charge in [0.05, 0.1) is 11.1 Å². The van der Waals surface area contributed by atoms with E-state index < -0.39 is 23.5 Å². The maximum absolute atomic E-state index is 12.9. The van der Waals surface area contributed by atoms with Crippen LogP contribution >= 0.6 is 0 Å². The number of nitrogens with one attached hydrogen (secondary N) is 1. The summed E-state index contributed by atoms with van der Waals surface area (Å²) in [6.07, 6.45) is -3.07. The van der Waals surface area contributed by atoms with Crippen LogP contribution in [0, 0.1) is 5.92 Å². The molecule has 1 saturated carbocycles. The van der Waals surface area contributed by atoms with E-state index in [0.29, 0.717) is 0 Å². The molecule has 3 rings (SSSR count). The molecular weight excluding hydrogens is 287 g/mol. The predicted molar refractivity (Wildman–Crippen MR) is 67.2 cm³/mol. The number of aromatic hydroxyl groups is 1. The quantitative estimate of drug-likeness (QED) is 0.824. The van der Waals surface area contributed by atoms with Crippen molar-refractivity contribution in [2.45, 2.75) is 19.0 Å². The minimum absolute atomic E-state index is 0.0645. The normalized spacial score (nSPS) is 16.0. The van der Waals surface area contributed by atoms with Crippen LogP contribution in [-0.4, -0.2) is 16.0 Å². The number of hydrogen-bond donors (Lipinski definition) is 2. The number of aromatic amines is 1. The topological polar surface area (TPSA) is 77.8 Å². The molecule has 2 N–H and O–H groups in total. The van der Waals surface area contributed by atoms with Crippen LogP contribution in [-0.2, 0) is 11.0 Å². The molecule has 0 spiro atoms. The third kappa shape index (κ3) is 2.48. The standard InChI is InChI=1S/C13H10F3N3O2/c14-13(15,16)8-3-1-2-7-9(8)17-12(21)10(7)18-19-11(20)6-4-5-6/h1-3,6,17,21H,4-5H2. The first-order valence-corrected chi connectivity index (χ1v) is 6.24. The smallest absolute Gasteiger partial charge is 0.418 e. The van der Waals surface area contributed by atoms with Gasteiger partial charge in [-0.1, -0.05) is 12.1 Å². The lowest BCUT2D eigenvalue weighted by Crippen LogP contribution is -2.05. The molecule has 0 saturated heterocycles. The molecule has 0 aliphatic heterocycles. The van der Waals surface area contributed by atoms with Gasteiger partial charge in [-0.3, -0.25) is 4.79 Å². The molecule has 1 aromatic heterocycles. The number of benzene rings is 1. The molecule has 0 atom stereocenters. The van der Waals surface area contributed by atoms with Crippen molar-refractivity contribution in [2.24, 2.45) is 16.1 Å². The van der Waals surface area contributed by atoms with E-state index in [4.69, 9.17) is 0 Å². The summed E-state index contributed by atoms with van der Waals surface area (Å²) < 4.78 is 38.6. The van der Waals surface area contributed by atoms with Crippen LogP contribution < -0.4 is 0 Å². The Morgan fingerprint density at radius 1 is 1.33 bits per heavy atom. The number of nitrogens with zero attached hydrogens (tertiary/aromatic N) is 2. The molecule has 1 amide bonds. The van der Waals surface area contributed by atoms with Gasteiger partial charge in [-0.15, -0.1) is 10.2 Å². The van der Waals surface area contributed by atoms with Crippen molar-refractivity contribution in [3.05, 3.63) is 23.8 Å². The number of azo groups is 1. The van der Waals surface area contributed by atoms with Crippen molar-refractivity contribution >= 4 is 22.5 Å². The molecule has 8 heteroatoms. The first kappa shape index (κ1) is 13.6. The van der Waals surface area contributed by atoms with Gasteiger partial charge in [-0.25, -0.2) is 0 Å². The molecule has 1 heterocycles. The first-order chi connectivity index (χ1) is 9.88. The second-order valence-electron chi connectivity index (χ2n) is 4.86. The third-order valence-electron chi connectivity index (χ3n) is 3.27. The number of alkyl halides is 3. The average Bonchev–Trinajstić information content (AvgIpc) is 3.19. The zero-order chi connectivity index (χ0) is 15.2. The minimum atomic E-state index is -4.56. The highest BCUT2D eigenvalue weighted by Gasteiger charge is 2.34. The molecule has 110 valence electrons. The summed E-state index contributed by atoms with van der Waals surface area (Å²) in [5, 5.41) is 16.8. The molecule has 0 bridgehead atoms. The second-order valence-corrected chi connectivity index (χ2v) is 4.86. The number of carbonyl (C=O) groups excluding carboxylic acids is 1. The highest BCUT2D eigenvalue weighted by Crippen LogP contribution is 2.42. The largest absolute Gasteiger partial charge is 0.493 e. The number of fused-ring (bicyclic) bond motifs is 1. The van der Waals surface area contributed by atoms with E-state index in [1.165, 1.54) is 12.1 Å². The maximum Gasteiger partial charge on any atom is 0.418 e. The monoisotopic (exact) mass is 297 g/mol. The molecule has 5 nitrogen and oxygen atoms in total. The van der Waals surface area contributed by atoms with Crippen LogP contribution in [0.2, 0.25) is 0 Å². The van der Waals surface area contributed by atoms with Crippen LogP contribution in [0.5, 0.6) is 5.88 Å². The number of aromatic nitrogens is 1. The van der Waals surface area contributed by atoms with Crippen LogP contribution in [0.4, 0.5) is 18.9 Å². The number of para-hydroxylation sites is 1. The van der Waals surface area contributed by atoms with Crippen LogP contribution in [0.3, 0.4) is 0 Å². The Morgan fingerprint density at radius 2 is 2.05 bits per heavy atom. The Morgan fingerprint density at radius 3 is 2.67 bits per heavy atom. The molecule has 1 fully saturated rings. The zero-order valence-corrected chi connectivity index (χ0v) is 10.6. The second kappa shape index (κ2) is 4.57. The fraction of sp³-hybridized carbons (Fsp3) is 0.308. The first-order valence-electron chi connectivity index (χ1n) is 6.24. The zero-order valence-electron chi connectivity index (χ0n) is 10.6. The number of halogens is 3. The highest BCUT2D eigenvalue weighted by molar-refractivity contribution is 5.96. The van der Waals surface area contributed by atoms with E-state index in [1.807, 2.05) is 0 Å². The lowest BCUT2D eigenvalue weighted by molar-refractivity contribution is -0.136. The predicted octanol–water partition coefficient (Wildman–Crippen LogP) is 3.91. The van der Waals surface area contributed by atoms with Crippen LogP contribution in [0.15, 0.2) is 28.4 Å². The van der Waals surface area contributed by atoms with Gasteiger partial charge in [0.1, 0.15) is 0 Å². The fourth-order valence-corrected chi connectivity index (χ4v) is 2.04. The molecule has 0 unspecified atom stereocenters. The van der Waals surface area contributed by atoms with Crippen molar-refractivity contribution < 1.29 is 23.1 Å². The number of H-pyrrole nitrogens is 1. The van der Waals surface area contributed by atoms with Gasteiger partial charge in [-0.2, -0.15) is 13.2 Å². The van der Waals surface area contributed by atoms with Crippen molar-refractivity contribution in [3.63, 3.8) is 0 Å². The maximum atomic E-state index is 12.9. The molecular formula is C13H10F3N3O2. The summed E-state index contributed by atoms with van der Waals surface area (Å²) in [5.74, 6) is -1.11. The van der Waals surface area contributed by atoms with E-state index in [0.717, 1.165) is 18.9 Å². The summed E-state index contributed by atoms with van der Waals surface area (Å²) in [6.45, 7) is 0. The summed E-state index contributed by atoms with van der Waals surface area (Å²) in [4.78, 5) is 13.7. The fourth-order valence-electron chi connectivity index (χ4n) is 2.04. The number of carbonyl (C=O) groups is 1. The highest BCUT2D eigenvalue weighted by atomic mass is 19.4. The summed E-state index contributed by atoms with van der Waals surface area (Å²) >= 11 is 0. The van der Waals surface area contributed by atoms with Crippen molar-refractivity contribution in [1.29, 1.82) is 0 Å². The number of amides is 1. The van der Waals surface area contributed by atoms with Gasteiger partial charge < -0.3 is 10.1 Å². The van der Waals surface area contributed by atoms with E-state index in [9.17, 15) is 23.1 Å². The molecule has 1 aromatic carbocycles. The Kier molecular flexibility index (Phi) is 2.96. The van der Waals surface area contributed by atoms with Crippen molar-refractivity contribution in [1.82, 2.24) is 4.98 Å². The van der Waals surface area contributed by atoms with E-state index in [1.54, 1.807) is 0 Å². The SMILES string of the molecule is O=C(N=Nc1c(O)[nH]c2c(C(F)(F)F)cccc12)C1CC1. The van der Waals surface area contributed by atoms with Gasteiger partial charge in [-0.05, 0) is 18.9 Å². The van der Waals surface area contributed by atoms with Gasteiger partial charge in [0.25, 0.3) is 5.91 Å². The molecule has 21 heavy (non-hydrogen) atoms. The van der Waals surface area contributed by atoms with Gasteiger partial charge in [0, 0.05) is 11.3 Å². The summed E-state index contributed by atoms with van der Waals surface area (Å²) in [7, 11) is 0. The third-order valence-corrected chi connectivity index (χ3v) is 3.27. The lowest BCUT2D eigenvalue weighted by Gasteiger charge is -2.06. The van der Waals surface area contributed by atoms with Crippen LogP contribution in [0.1, 0.15) is 18.4 Å². The number of hydrogen-bond acceptors (Lipinski definition) is 3. The Bertz CT molecular complexity index is 745. The van der Waals surface area contributed by atoms with Crippen LogP contribution in [0.25, 0.3) is 10.9 Å². The summed E-state index contributed by atoms with van der Waals surface area (Å²) in [6, 6.07) is 3.48. The molecule has 2 aromatic rings. The van der Waals surface area contributed by atoms with Gasteiger partial charge >= 0.3 is 6.18 Å². The van der Waals surface area contributed by atoms with E-state index in [-0.39, 0.29) is 22.5 Å². The lowest BCUT2D eigenvalue weighted by atomic mass is 10.1. The van der Waals surface area contributed by atoms with E-state index >= 15 is 0 Å². The van der Waals surface area contributed by atoms with Crippen molar-refractivity contribution in [2.75, 3.05) is 0 Å². The number of rotatable bonds is 2. The molecule has 1 aliphatic carbocycles. The Hall–Kier alpha value is -2.38. The molecule has 0 radical (unpaired) electrons. The average molecular weight is 297 g/mol. The van der Waals surface area contributed by atoms with Crippen molar-refractivity contribution in [3.8, 4) is 5.88 Å².